The van der Waals surface area contributed by atoms with Crippen molar-refractivity contribution in [2.24, 2.45) is 16.8 Å². The van der Waals surface area contributed by atoms with Crippen molar-refractivity contribution in [1.82, 2.24) is 0 Å². The molecule has 0 bridgehead atoms. The molecule has 3 rings (SSSR count). The lowest BCUT2D eigenvalue weighted by Gasteiger charge is -2.21. The first-order chi connectivity index (χ1) is 16.4. The molecule has 0 aromatic heterocycles. The number of nitriles is 2. The zero-order chi connectivity index (χ0) is 24.7. The van der Waals surface area contributed by atoms with Crippen molar-refractivity contribution in [3.05, 3.63) is 71.8 Å². The Morgan fingerprint density at radius 2 is 2.06 bits per heavy atom. The first-order valence-corrected chi connectivity index (χ1v) is 10.3. The van der Waals surface area contributed by atoms with Gasteiger partial charge in [0, 0.05) is 5.56 Å². The van der Waals surface area contributed by atoms with Crippen molar-refractivity contribution < 1.29 is 19.4 Å². The smallest absolute Gasteiger partial charge is 0.341 e. The molecule has 172 valence electrons. The first kappa shape index (κ1) is 24.1. The number of hydrazone groups is 1. The molecule has 0 radical (unpaired) electrons. The minimum Gasteiger partial charge on any atom is -0.493 e. The lowest BCUT2D eigenvalue weighted by atomic mass is 9.95. The minimum atomic E-state index is -1.12. The largest absolute Gasteiger partial charge is 0.493 e. The van der Waals surface area contributed by atoms with Crippen LogP contribution in [0.3, 0.4) is 0 Å². The summed E-state index contributed by atoms with van der Waals surface area (Å²) in [6.45, 7) is 3.19. The number of rotatable bonds is 9. The predicted octanol–water partition coefficient (Wildman–Crippen LogP) is 3.09. The standard InChI is InChI=1S/C25H23N5O4/c1-3-7-17-10-16(12-21(33-2)24(17)34-15-22(31)32)11-18(13-26)23-20(14-27)25(28)30(29-23)19-8-5-4-6-9-19/h3-6,8-12,20,25H,1,7,15,28H2,2H3,(H,31,32)/b18-11-/t20-,25+/m1/s1. The molecule has 0 unspecified atom stereocenters. The molecule has 0 saturated heterocycles. The number of ether oxygens (including phenoxy) is 2. The summed E-state index contributed by atoms with van der Waals surface area (Å²) in [6.07, 6.45) is 2.85. The number of benzene rings is 2. The van der Waals surface area contributed by atoms with Gasteiger partial charge in [-0.1, -0.05) is 24.3 Å². The highest BCUT2D eigenvalue weighted by Crippen LogP contribution is 2.35. The number of carboxylic acids is 1. The van der Waals surface area contributed by atoms with E-state index in [2.05, 4.69) is 23.8 Å². The highest BCUT2D eigenvalue weighted by Gasteiger charge is 2.37. The molecule has 1 aliphatic rings. The SMILES string of the molecule is C=CCc1cc(/C=C(/C#N)C2=NN(c3ccccc3)[C@H](N)[C@@H]2C#N)cc(OC)c1OCC(=O)O. The Kier molecular flexibility index (Phi) is 7.65. The van der Waals surface area contributed by atoms with Crippen LogP contribution in [-0.4, -0.2) is 36.7 Å². The van der Waals surface area contributed by atoms with Crippen LogP contribution >= 0.6 is 0 Å². The van der Waals surface area contributed by atoms with Gasteiger partial charge in [0.2, 0.25) is 0 Å². The van der Waals surface area contributed by atoms with Crippen molar-refractivity contribution >= 4 is 23.4 Å². The van der Waals surface area contributed by atoms with Crippen molar-refractivity contribution in [3.63, 3.8) is 0 Å². The molecule has 9 nitrogen and oxygen atoms in total. The van der Waals surface area contributed by atoms with Gasteiger partial charge in [-0.15, -0.1) is 6.58 Å². The maximum absolute atomic E-state index is 11.0. The zero-order valence-electron chi connectivity index (χ0n) is 18.5. The lowest BCUT2D eigenvalue weighted by Crippen LogP contribution is -2.40. The third-order valence-electron chi connectivity index (χ3n) is 5.08. The normalized spacial score (nSPS) is 17.4. The van der Waals surface area contributed by atoms with E-state index in [4.69, 9.17) is 20.3 Å². The van der Waals surface area contributed by atoms with E-state index in [9.17, 15) is 15.3 Å². The quantitative estimate of drug-likeness (QED) is 0.432. The summed E-state index contributed by atoms with van der Waals surface area (Å²) in [4.78, 5) is 11.0. The monoisotopic (exact) mass is 457 g/mol. The second-order valence-corrected chi connectivity index (χ2v) is 7.32. The van der Waals surface area contributed by atoms with Crippen LogP contribution < -0.4 is 20.2 Å². The second kappa shape index (κ2) is 10.8. The predicted molar refractivity (Wildman–Crippen MR) is 127 cm³/mol. The van der Waals surface area contributed by atoms with E-state index in [0.29, 0.717) is 29.0 Å². The summed E-state index contributed by atoms with van der Waals surface area (Å²) in [7, 11) is 1.43. The highest BCUT2D eigenvalue weighted by atomic mass is 16.5. The summed E-state index contributed by atoms with van der Waals surface area (Å²) in [6, 6.07) is 16.8. The fourth-order valence-corrected chi connectivity index (χ4v) is 3.57. The number of methoxy groups -OCH3 is 1. The van der Waals surface area contributed by atoms with Gasteiger partial charge in [0.25, 0.3) is 0 Å². The molecule has 34 heavy (non-hydrogen) atoms. The molecule has 0 amide bonds. The molecule has 3 N–H and O–H groups in total. The Hall–Kier alpha value is -4.60. The Labute approximate surface area is 197 Å². The van der Waals surface area contributed by atoms with E-state index in [-0.39, 0.29) is 17.0 Å². The van der Waals surface area contributed by atoms with E-state index < -0.39 is 24.7 Å². The Balaban J connectivity index is 2.06. The van der Waals surface area contributed by atoms with Gasteiger partial charge in [0.15, 0.2) is 18.1 Å². The molecule has 2 aromatic rings. The Morgan fingerprint density at radius 3 is 2.65 bits per heavy atom. The average Bonchev–Trinajstić information content (AvgIpc) is 3.17. The van der Waals surface area contributed by atoms with Gasteiger partial charge in [0.05, 0.1) is 30.2 Å². The number of hydrogen-bond acceptors (Lipinski definition) is 8. The number of aliphatic carboxylic acids is 1. The molecule has 2 atom stereocenters. The maximum Gasteiger partial charge on any atom is 0.341 e. The lowest BCUT2D eigenvalue weighted by molar-refractivity contribution is -0.139. The number of carbonyl (C=O) groups is 1. The number of nitrogens with two attached hydrogens (primary N) is 1. The first-order valence-electron chi connectivity index (χ1n) is 10.3. The molecular weight excluding hydrogens is 434 g/mol. The number of anilines is 1. The molecule has 0 fully saturated rings. The van der Waals surface area contributed by atoms with E-state index in [1.165, 1.54) is 12.1 Å². The fourth-order valence-electron chi connectivity index (χ4n) is 3.57. The molecule has 9 heteroatoms. The molecular formula is C25H23N5O4. The van der Waals surface area contributed by atoms with E-state index in [1.807, 2.05) is 30.3 Å². The van der Waals surface area contributed by atoms with Crippen LogP contribution in [0.15, 0.2) is 65.8 Å². The molecule has 1 heterocycles. The number of carboxylic acid groups (broad SMARTS) is 1. The van der Waals surface area contributed by atoms with Crippen molar-refractivity contribution in [1.29, 1.82) is 10.5 Å². The average molecular weight is 457 g/mol. The third-order valence-corrected chi connectivity index (χ3v) is 5.08. The van der Waals surface area contributed by atoms with Gasteiger partial charge >= 0.3 is 5.97 Å². The van der Waals surface area contributed by atoms with Crippen LogP contribution in [0.5, 0.6) is 11.5 Å². The highest BCUT2D eigenvalue weighted by molar-refractivity contribution is 6.11. The third kappa shape index (κ3) is 5.07. The number of hydrogen-bond donors (Lipinski definition) is 2. The molecule has 0 spiro atoms. The van der Waals surface area contributed by atoms with Crippen molar-refractivity contribution in [3.8, 4) is 23.6 Å². The summed E-state index contributed by atoms with van der Waals surface area (Å²) in [5.41, 5.74) is 8.64. The van der Waals surface area contributed by atoms with Crippen LogP contribution in [0.2, 0.25) is 0 Å². The number of allylic oxidation sites excluding steroid dienone is 2. The van der Waals surface area contributed by atoms with Crippen molar-refractivity contribution in [2.75, 3.05) is 18.7 Å². The summed E-state index contributed by atoms with van der Waals surface area (Å²) >= 11 is 0. The summed E-state index contributed by atoms with van der Waals surface area (Å²) in [5, 5.41) is 34.7. The van der Waals surface area contributed by atoms with Crippen LogP contribution in [0.25, 0.3) is 6.08 Å². The molecule has 0 saturated carbocycles. The summed E-state index contributed by atoms with van der Waals surface area (Å²) in [5.74, 6) is -1.36. The Bertz CT molecular complexity index is 1220. The maximum atomic E-state index is 11.0. The van der Waals surface area contributed by atoms with Crippen LogP contribution in [0.4, 0.5) is 5.69 Å². The van der Waals surface area contributed by atoms with Gasteiger partial charge in [-0.2, -0.15) is 15.6 Å². The number of nitrogens with zero attached hydrogens (tertiary/aromatic N) is 4. The van der Waals surface area contributed by atoms with Gasteiger partial charge in [-0.3, -0.25) is 0 Å². The van der Waals surface area contributed by atoms with Crippen LogP contribution in [0.1, 0.15) is 11.1 Å². The van der Waals surface area contributed by atoms with Crippen LogP contribution in [-0.2, 0) is 11.2 Å². The second-order valence-electron chi connectivity index (χ2n) is 7.32. The minimum absolute atomic E-state index is 0.172. The van der Waals surface area contributed by atoms with Crippen molar-refractivity contribution in [2.45, 2.75) is 12.6 Å². The van der Waals surface area contributed by atoms with E-state index in [1.54, 1.807) is 24.3 Å². The fraction of sp³-hybridized carbons (Fsp3) is 0.200. The number of para-hydroxylation sites is 1. The van der Waals surface area contributed by atoms with E-state index in [0.717, 1.165) is 0 Å². The summed E-state index contributed by atoms with van der Waals surface area (Å²) < 4.78 is 10.8. The van der Waals surface area contributed by atoms with Gasteiger partial charge < -0.3 is 20.3 Å². The molecule has 1 aliphatic heterocycles. The van der Waals surface area contributed by atoms with Gasteiger partial charge in [-0.05, 0) is 42.3 Å². The van der Waals surface area contributed by atoms with Gasteiger partial charge in [0.1, 0.15) is 18.2 Å². The topological polar surface area (TPSA) is 145 Å². The zero-order valence-corrected chi connectivity index (χ0v) is 18.5. The molecule has 2 aromatic carbocycles. The Morgan fingerprint density at radius 1 is 1.32 bits per heavy atom. The van der Waals surface area contributed by atoms with Crippen LogP contribution in [0, 0.1) is 28.6 Å². The van der Waals surface area contributed by atoms with Gasteiger partial charge in [-0.25, -0.2) is 9.80 Å². The van der Waals surface area contributed by atoms with E-state index >= 15 is 0 Å². The molecule has 0 aliphatic carbocycles.